The van der Waals surface area contributed by atoms with Crippen molar-refractivity contribution in [1.29, 1.82) is 0 Å². The highest BCUT2D eigenvalue weighted by atomic mass is 19.4. The van der Waals surface area contributed by atoms with Gasteiger partial charge in [-0.25, -0.2) is 0 Å². The Hall–Kier alpha value is -5.35. The van der Waals surface area contributed by atoms with Crippen LogP contribution in [0.25, 0.3) is 21.5 Å². The van der Waals surface area contributed by atoms with Gasteiger partial charge in [0.15, 0.2) is 0 Å². The number of rotatable bonds is 8. The molecular weight excluding hydrogens is 648 g/mol. The van der Waals surface area contributed by atoms with Crippen molar-refractivity contribution in [3.05, 3.63) is 196 Å². The summed E-state index contributed by atoms with van der Waals surface area (Å²) in [5.74, 6) is 0. The number of allylic oxidation sites excluding steroid dienone is 5. The number of nitrogens with zero attached hydrogens (tertiary/aromatic N) is 1. The van der Waals surface area contributed by atoms with Gasteiger partial charge in [-0.2, -0.15) is 13.2 Å². The Bertz CT molecular complexity index is 2380. The lowest BCUT2D eigenvalue weighted by atomic mass is 9.69. The first-order valence-electron chi connectivity index (χ1n) is 17.8. The zero-order chi connectivity index (χ0) is 36.8. The molecule has 0 radical (unpaired) electrons. The van der Waals surface area contributed by atoms with Crippen LogP contribution in [0.4, 0.5) is 18.9 Å². The van der Waals surface area contributed by atoms with Gasteiger partial charge in [-0.05, 0) is 118 Å². The van der Waals surface area contributed by atoms with Gasteiger partial charge in [0, 0.05) is 29.3 Å². The predicted octanol–water partition coefficient (Wildman–Crippen LogP) is 12.8. The molecule has 52 heavy (non-hydrogen) atoms. The molecule has 4 heteroatoms. The van der Waals surface area contributed by atoms with E-state index >= 15 is 0 Å². The zero-order valence-electron chi connectivity index (χ0n) is 30.5. The molecule has 0 saturated heterocycles. The SMILES string of the molecule is C=C(/C=C/C=C1/N(C)c2ccc3ccccc3c2C1(C)Cc1ccccc1C)C(C)(Cc1ccc(C(F)(F)F)cc1)c1c(C)ccc2ccccc12. The van der Waals surface area contributed by atoms with Crippen molar-refractivity contribution in [3.63, 3.8) is 0 Å². The van der Waals surface area contributed by atoms with E-state index in [4.69, 9.17) is 0 Å². The number of hydrogen-bond acceptors (Lipinski definition) is 1. The van der Waals surface area contributed by atoms with Crippen molar-refractivity contribution in [2.45, 2.75) is 57.5 Å². The molecule has 0 fully saturated rings. The van der Waals surface area contributed by atoms with E-state index in [9.17, 15) is 13.2 Å². The lowest BCUT2D eigenvalue weighted by molar-refractivity contribution is -0.137. The molecule has 0 saturated carbocycles. The lowest BCUT2D eigenvalue weighted by Gasteiger charge is -2.34. The van der Waals surface area contributed by atoms with Crippen molar-refractivity contribution in [1.82, 2.24) is 0 Å². The van der Waals surface area contributed by atoms with Crippen LogP contribution in [-0.2, 0) is 29.8 Å². The number of halogens is 3. The smallest absolute Gasteiger partial charge is 0.347 e. The monoisotopic (exact) mass is 691 g/mol. The van der Waals surface area contributed by atoms with Gasteiger partial charge in [-0.1, -0.05) is 129 Å². The average Bonchev–Trinajstić information content (AvgIpc) is 3.34. The third-order valence-electron chi connectivity index (χ3n) is 11.3. The molecule has 0 aliphatic carbocycles. The Morgan fingerprint density at radius 1 is 0.750 bits per heavy atom. The number of hydrogen-bond donors (Lipinski definition) is 0. The fourth-order valence-corrected chi connectivity index (χ4v) is 8.55. The fourth-order valence-electron chi connectivity index (χ4n) is 8.55. The molecule has 0 spiro atoms. The van der Waals surface area contributed by atoms with E-state index in [-0.39, 0.29) is 5.41 Å². The molecular formula is C48H44F3N. The summed E-state index contributed by atoms with van der Waals surface area (Å²) in [4.78, 5) is 2.32. The Kier molecular flexibility index (Phi) is 8.99. The maximum absolute atomic E-state index is 13.5. The second-order valence-corrected chi connectivity index (χ2v) is 14.8. The summed E-state index contributed by atoms with van der Waals surface area (Å²) in [5, 5.41) is 4.72. The highest BCUT2D eigenvalue weighted by Crippen LogP contribution is 2.52. The van der Waals surface area contributed by atoms with Crippen LogP contribution in [0, 0.1) is 13.8 Å². The quantitative estimate of drug-likeness (QED) is 0.144. The summed E-state index contributed by atoms with van der Waals surface area (Å²) in [6.07, 6.45) is 3.38. The van der Waals surface area contributed by atoms with E-state index in [2.05, 4.69) is 149 Å². The molecule has 0 bridgehead atoms. The first-order valence-corrected chi connectivity index (χ1v) is 17.8. The highest BCUT2D eigenvalue weighted by Gasteiger charge is 2.43. The summed E-state index contributed by atoms with van der Waals surface area (Å²) in [6.45, 7) is 13.5. The van der Waals surface area contributed by atoms with Crippen molar-refractivity contribution >= 4 is 27.2 Å². The number of fused-ring (bicyclic) bond motifs is 4. The molecule has 1 aliphatic rings. The Morgan fingerprint density at radius 3 is 2.06 bits per heavy atom. The third kappa shape index (κ3) is 6.15. The summed E-state index contributed by atoms with van der Waals surface area (Å²) < 4.78 is 40.5. The maximum atomic E-state index is 13.5. The van der Waals surface area contributed by atoms with Crippen molar-refractivity contribution < 1.29 is 13.2 Å². The third-order valence-corrected chi connectivity index (χ3v) is 11.3. The van der Waals surface area contributed by atoms with Gasteiger partial charge in [0.1, 0.15) is 0 Å². The molecule has 1 heterocycles. The summed E-state index contributed by atoms with van der Waals surface area (Å²) >= 11 is 0. The molecule has 1 aliphatic heterocycles. The van der Waals surface area contributed by atoms with Crippen LogP contribution in [0.5, 0.6) is 0 Å². The van der Waals surface area contributed by atoms with E-state index in [0.29, 0.717) is 6.42 Å². The highest BCUT2D eigenvalue weighted by molar-refractivity contribution is 5.95. The number of anilines is 1. The largest absolute Gasteiger partial charge is 0.416 e. The summed E-state index contributed by atoms with van der Waals surface area (Å²) in [7, 11) is 2.15. The lowest BCUT2D eigenvalue weighted by Crippen LogP contribution is -2.29. The average molecular weight is 692 g/mol. The predicted molar refractivity (Wildman–Crippen MR) is 212 cm³/mol. The molecule has 1 nitrogen and oxygen atoms in total. The normalized spacial score (nSPS) is 18.0. The molecule has 6 aromatic carbocycles. The first kappa shape index (κ1) is 35.1. The number of aryl methyl sites for hydroxylation is 2. The van der Waals surface area contributed by atoms with Gasteiger partial charge in [-0.3, -0.25) is 0 Å². The van der Waals surface area contributed by atoms with Crippen LogP contribution < -0.4 is 4.90 Å². The molecule has 6 aromatic rings. The molecule has 2 atom stereocenters. The van der Waals surface area contributed by atoms with Crippen LogP contribution in [-0.4, -0.2) is 7.05 Å². The van der Waals surface area contributed by atoms with Crippen molar-refractivity contribution in [3.8, 4) is 0 Å². The van der Waals surface area contributed by atoms with Crippen LogP contribution in [0.3, 0.4) is 0 Å². The van der Waals surface area contributed by atoms with Gasteiger partial charge in [0.2, 0.25) is 0 Å². The number of alkyl halides is 3. The van der Waals surface area contributed by atoms with Crippen molar-refractivity contribution in [2.75, 3.05) is 11.9 Å². The van der Waals surface area contributed by atoms with E-state index in [1.54, 1.807) is 12.1 Å². The van der Waals surface area contributed by atoms with Gasteiger partial charge in [0.05, 0.1) is 5.56 Å². The topological polar surface area (TPSA) is 3.24 Å². The van der Waals surface area contributed by atoms with Gasteiger partial charge in [-0.15, -0.1) is 0 Å². The summed E-state index contributed by atoms with van der Waals surface area (Å²) in [5.41, 5.74) is 8.67. The maximum Gasteiger partial charge on any atom is 0.416 e. The second-order valence-electron chi connectivity index (χ2n) is 14.8. The van der Waals surface area contributed by atoms with Crippen LogP contribution in [0.15, 0.2) is 157 Å². The Morgan fingerprint density at radius 2 is 1.37 bits per heavy atom. The van der Waals surface area contributed by atoms with Crippen LogP contribution >= 0.6 is 0 Å². The molecule has 0 amide bonds. The first-order chi connectivity index (χ1) is 24.8. The van der Waals surface area contributed by atoms with Crippen LogP contribution in [0.1, 0.15) is 52.8 Å². The fraction of sp³-hybridized carbons (Fsp3) is 0.208. The molecule has 2 unspecified atom stereocenters. The van der Waals surface area contributed by atoms with E-state index in [1.807, 2.05) is 12.1 Å². The van der Waals surface area contributed by atoms with Crippen LogP contribution in [0.2, 0.25) is 0 Å². The Balaban J connectivity index is 1.33. The van der Waals surface area contributed by atoms with Gasteiger partial charge < -0.3 is 4.90 Å². The van der Waals surface area contributed by atoms with E-state index < -0.39 is 17.2 Å². The Labute approximate surface area is 305 Å². The molecule has 0 N–H and O–H groups in total. The standard InChI is InChI=1S/C48H44F3N/c1-32-14-7-8-18-38(32)31-47(5)43(52(6)42-29-26-37-17-10-12-20-41(37)45(42)47)21-13-15-34(3)46(4,30-35-23-27-39(28-24-35)48(49,50)51)44-33(2)22-25-36-16-9-11-19-40(36)44/h7-29H,3,30-31H2,1-2,4-6H3/b15-13+,43-21+. The van der Waals surface area contributed by atoms with Gasteiger partial charge in [0.25, 0.3) is 0 Å². The summed E-state index contributed by atoms with van der Waals surface area (Å²) in [6, 6.07) is 39.8. The number of likely N-dealkylation sites (N-methyl/N-ethyl adjacent to an activating group) is 1. The molecule has 262 valence electrons. The minimum Gasteiger partial charge on any atom is -0.347 e. The van der Waals surface area contributed by atoms with E-state index in [1.165, 1.54) is 51.0 Å². The molecule has 7 rings (SSSR count). The van der Waals surface area contributed by atoms with Gasteiger partial charge >= 0.3 is 6.18 Å². The number of benzene rings is 6. The van der Waals surface area contributed by atoms with Crippen molar-refractivity contribution in [2.24, 2.45) is 0 Å². The molecule has 0 aromatic heterocycles. The second kappa shape index (κ2) is 13.3. The minimum absolute atomic E-state index is 0.321. The van der Waals surface area contributed by atoms with E-state index in [0.717, 1.165) is 39.5 Å². The zero-order valence-corrected chi connectivity index (χ0v) is 30.5. The minimum atomic E-state index is -4.39.